The van der Waals surface area contributed by atoms with E-state index in [0.29, 0.717) is 19.3 Å². The average Bonchev–Trinajstić information content (AvgIpc) is 3.18. The molecule has 6 heteroatoms. The fourth-order valence-electron chi connectivity index (χ4n) is 7.09. The van der Waals surface area contributed by atoms with Crippen molar-refractivity contribution in [2.24, 2.45) is 0 Å². The van der Waals surface area contributed by atoms with Crippen molar-refractivity contribution in [3.05, 3.63) is 12.2 Å². The molecule has 0 saturated heterocycles. The van der Waals surface area contributed by atoms with Gasteiger partial charge in [-0.2, -0.15) is 0 Å². The van der Waals surface area contributed by atoms with Crippen LogP contribution in [-0.2, 0) is 28.6 Å². The van der Waals surface area contributed by atoms with Gasteiger partial charge >= 0.3 is 17.9 Å². The van der Waals surface area contributed by atoms with E-state index in [9.17, 15) is 14.4 Å². The molecule has 0 aromatic rings. The fourth-order valence-corrected chi connectivity index (χ4v) is 7.09. The van der Waals surface area contributed by atoms with E-state index in [-0.39, 0.29) is 31.1 Å². The number of carbonyl (C=O) groups excluding carboxylic acids is 3. The van der Waals surface area contributed by atoms with Crippen LogP contribution in [0.5, 0.6) is 0 Å². The second-order valence-electron chi connectivity index (χ2n) is 16.4. The molecule has 0 spiro atoms. The fraction of sp³-hybridized carbons (Fsp3) is 0.898. The van der Waals surface area contributed by atoms with Gasteiger partial charge in [-0.1, -0.05) is 219 Å². The van der Waals surface area contributed by atoms with Gasteiger partial charge in [0.05, 0.1) is 0 Å². The summed E-state index contributed by atoms with van der Waals surface area (Å²) in [5, 5.41) is 0. The Labute approximate surface area is 341 Å². The summed E-state index contributed by atoms with van der Waals surface area (Å²) in [6.45, 7) is 6.59. The average molecular weight is 777 g/mol. The summed E-state index contributed by atoms with van der Waals surface area (Å²) >= 11 is 0. The van der Waals surface area contributed by atoms with Crippen LogP contribution >= 0.6 is 0 Å². The molecule has 0 aliphatic carbocycles. The number of carbonyl (C=O) groups is 3. The topological polar surface area (TPSA) is 78.9 Å². The van der Waals surface area contributed by atoms with Crippen LogP contribution in [0, 0.1) is 0 Å². The van der Waals surface area contributed by atoms with Crippen molar-refractivity contribution in [1.29, 1.82) is 0 Å². The van der Waals surface area contributed by atoms with Gasteiger partial charge in [-0.3, -0.25) is 14.4 Å². The Bertz CT molecular complexity index is 854. The van der Waals surface area contributed by atoms with E-state index < -0.39 is 6.10 Å². The number of hydrogen-bond donors (Lipinski definition) is 0. The second-order valence-corrected chi connectivity index (χ2v) is 16.4. The van der Waals surface area contributed by atoms with Crippen molar-refractivity contribution in [3.63, 3.8) is 0 Å². The molecule has 0 aliphatic rings. The smallest absolute Gasteiger partial charge is 0.306 e. The third-order valence-corrected chi connectivity index (χ3v) is 10.8. The van der Waals surface area contributed by atoms with Gasteiger partial charge in [0.15, 0.2) is 6.10 Å². The molecule has 1 unspecified atom stereocenters. The first kappa shape index (κ1) is 53.1. The summed E-state index contributed by atoms with van der Waals surface area (Å²) in [5.74, 6) is -0.900. The minimum atomic E-state index is -0.772. The highest BCUT2D eigenvalue weighted by Crippen LogP contribution is 2.16. The van der Waals surface area contributed by atoms with Gasteiger partial charge in [-0.15, -0.1) is 0 Å². The van der Waals surface area contributed by atoms with Crippen LogP contribution in [0.3, 0.4) is 0 Å². The lowest BCUT2D eigenvalue weighted by atomic mass is 10.0. The lowest BCUT2D eigenvalue weighted by Crippen LogP contribution is -2.30. The first-order valence-electron chi connectivity index (χ1n) is 24.2. The number of ether oxygens (including phenoxy) is 3. The third kappa shape index (κ3) is 43.1. The molecule has 0 aromatic heterocycles. The molecule has 0 N–H and O–H groups in total. The molecular weight excluding hydrogens is 685 g/mol. The summed E-state index contributed by atoms with van der Waals surface area (Å²) < 4.78 is 16.7. The molecule has 6 nitrogen and oxygen atoms in total. The number of rotatable bonds is 44. The molecule has 1 atom stereocenters. The number of unbranched alkanes of at least 4 members (excludes halogenated alkanes) is 31. The summed E-state index contributed by atoms with van der Waals surface area (Å²) in [4.78, 5) is 37.7. The largest absolute Gasteiger partial charge is 0.462 e. The molecule has 0 bridgehead atoms. The van der Waals surface area contributed by atoms with Gasteiger partial charge in [0.25, 0.3) is 0 Å². The summed E-state index contributed by atoms with van der Waals surface area (Å²) in [5.41, 5.74) is 0. The third-order valence-electron chi connectivity index (χ3n) is 10.8. The summed E-state index contributed by atoms with van der Waals surface area (Å²) in [6, 6.07) is 0. The van der Waals surface area contributed by atoms with Crippen LogP contribution in [0.15, 0.2) is 12.2 Å². The standard InChI is InChI=1S/C49H92O6/c1-4-7-10-13-16-19-21-22-23-24-25-26-28-30-33-36-39-42-48(51)54-45-46(44-53-47(50)41-38-35-32-29-18-15-12-9-6-3)55-49(52)43-40-37-34-31-27-20-17-14-11-8-5-2/h29,32,46H,4-28,30-31,33-45H2,1-3H3/b32-29-. The van der Waals surface area contributed by atoms with Crippen LogP contribution in [0.4, 0.5) is 0 Å². The lowest BCUT2D eigenvalue weighted by molar-refractivity contribution is -0.167. The van der Waals surface area contributed by atoms with Gasteiger partial charge in [0, 0.05) is 19.3 Å². The van der Waals surface area contributed by atoms with Crippen molar-refractivity contribution >= 4 is 17.9 Å². The first-order chi connectivity index (χ1) is 27.0. The SMILES string of the molecule is CCCCCC/C=C\CCCC(=O)OCC(COC(=O)CCCCCCCCCCCCCCCCCCC)OC(=O)CCCCCCCCCCCCC. The van der Waals surface area contributed by atoms with Crippen LogP contribution in [0.1, 0.15) is 265 Å². The number of hydrogen-bond acceptors (Lipinski definition) is 6. The zero-order valence-corrected chi connectivity index (χ0v) is 37.0. The van der Waals surface area contributed by atoms with E-state index in [1.807, 2.05) is 0 Å². The second kappa shape index (κ2) is 44.9. The normalized spacial score (nSPS) is 12.0. The minimum absolute atomic E-state index is 0.0736. The Morgan fingerprint density at radius 3 is 0.982 bits per heavy atom. The molecule has 55 heavy (non-hydrogen) atoms. The number of esters is 3. The van der Waals surface area contributed by atoms with Gasteiger partial charge in [0.2, 0.25) is 0 Å². The van der Waals surface area contributed by atoms with E-state index >= 15 is 0 Å². The Morgan fingerprint density at radius 2 is 0.618 bits per heavy atom. The van der Waals surface area contributed by atoms with E-state index in [1.54, 1.807) is 0 Å². The van der Waals surface area contributed by atoms with Crippen LogP contribution in [0.2, 0.25) is 0 Å². The van der Waals surface area contributed by atoms with Crippen LogP contribution < -0.4 is 0 Å². The van der Waals surface area contributed by atoms with E-state index in [4.69, 9.17) is 14.2 Å². The highest BCUT2D eigenvalue weighted by atomic mass is 16.6. The zero-order valence-electron chi connectivity index (χ0n) is 37.0. The van der Waals surface area contributed by atoms with Crippen molar-refractivity contribution < 1.29 is 28.6 Å². The van der Waals surface area contributed by atoms with E-state index in [0.717, 1.165) is 57.8 Å². The monoisotopic (exact) mass is 777 g/mol. The Kier molecular flexibility index (Phi) is 43.4. The minimum Gasteiger partial charge on any atom is -0.462 e. The molecule has 0 saturated carbocycles. The van der Waals surface area contributed by atoms with Crippen molar-refractivity contribution in [2.45, 2.75) is 271 Å². The lowest BCUT2D eigenvalue weighted by Gasteiger charge is -2.18. The Hall–Kier alpha value is -1.85. The Balaban J connectivity index is 4.26. The van der Waals surface area contributed by atoms with Crippen molar-refractivity contribution in [1.82, 2.24) is 0 Å². The van der Waals surface area contributed by atoms with Crippen molar-refractivity contribution in [3.8, 4) is 0 Å². The maximum Gasteiger partial charge on any atom is 0.306 e. The molecule has 0 aliphatic heterocycles. The maximum atomic E-state index is 12.7. The van der Waals surface area contributed by atoms with Crippen LogP contribution in [0.25, 0.3) is 0 Å². The molecule has 0 heterocycles. The predicted molar refractivity (Wildman–Crippen MR) is 233 cm³/mol. The molecule has 0 aromatic carbocycles. The van der Waals surface area contributed by atoms with E-state index in [2.05, 4.69) is 32.9 Å². The van der Waals surface area contributed by atoms with Gasteiger partial charge in [-0.25, -0.2) is 0 Å². The van der Waals surface area contributed by atoms with E-state index in [1.165, 1.54) is 167 Å². The maximum absolute atomic E-state index is 12.7. The number of allylic oxidation sites excluding steroid dienone is 2. The molecule has 324 valence electrons. The quantitative estimate of drug-likeness (QED) is 0.0265. The Morgan fingerprint density at radius 1 is 0.345 bits per heavy atom. The van der Waals surface area contributed by atoms with Gasteiger partial charge in [0.1, 0.15) is 13.2 Å². The predicted octanol–water partition coefficient (Wildman–Crippen LogP) is 15.4. The summed E-state index contributed by atoms with van der Waals surface area (Å²) in [7, 11) is 0. The van der Waals surface area contributed by atoms with Gasteiger partial charge in [-0.05, 0) is 38.5 Å². The van der Waals surface area contributed by atoms with Gasteiger partial charge < -0.3 is 14.2 Å². The molecule has 0 rings (SSSR count). The molecular formula is C49H92O6. The zero-order chi connectivity index (χ0) is 40.1. The highest BCUT2D eigenvalue weighted by molar-refractivity contribution is 5.71. The molecule has 0 amide bonds. The van der Waals surface area contributed by atoms with Crippen molar-refractivity contribution in [2.75, 3.05) is 13.2 Å². The highest BCUT2D eigenvalue weighted by Gasteiger charge is 2.19. The molecule has 0 radical (unpaired) electrons. The summed E-state index contributed by atoms with van der Waals surface area (Å²) in [6.07, 6.45) is 47.8. The van der Waals surface area contributed by atoms with Crippen LogP contribution in [-0.4, -0.2) is 37.2 Å². The molecule has 0 fully saturated rings. The first-order valence-corrected chi connectivity index (χ1v) is 24.2.